The second-order valence-electron chi connectivity index (χ2n) is 8.48. The zero-order chi connectivity index (χ0) is 22.6. The first-order valence-electron chi connectivity index (χ1n) is 11.2. The molecule has 32 heavy (non-hydrogen) atoms. The molecule has 0 aliphatic carbocycles. The van der Waals surface area contributed by atoms with Crippen LogP contribution in [0, 0.1) is 6.92 Å². The summed E-state index contributed by atoms with van der Waals surface area (Å²) in [6.45, 7) is 6.78. The molecule has 2 aliphatic heterocycles. The van der Waals surface area contributed by atoms with Crippen molar-refractivity contribution in [2.45, 2.75) is 37.8 Å². The highest BCUT2D eigenvalue weighted by Gasteiger charge is 2.28. The van der Waals surface area contributed by atoms with Crippen molar-refractivity contribution >= 4 is 15.9 Å². The smallest absolute Gasteiger partial charge is 0.251 e. The van der Waals surface area contributed by atoms with Gasteiger partial charge >= 0.3 is 0 Å². The lowest BCUT2D eigenvalue weighted by Gasteiger charge is -2.26. The minimum Gasteiger partial charge on any atom is -0.379 e. The summed E-state index contributed by atoms with van der Waals surface area (Å²) in [4.78, 5) is 15.4. The number of hydrogen-bond acceptors (Lipinski definition) is 5. The van der Waals surface area contributed by atoms with E-state index in [1.54, 1.807) is 19.1 Å². The molecule has 2 aromatic rings. The Morgan fingerprint density at radius 1 is 1.00 bits per heavy atom. The van der Waals surface area contributed by atoms with Crippen molar-refractivity contribution in [3.05, 3.63) is 64.7 Å². The Labute approximate surface area is 190 Å². The van der Waals surface area contributed by atoms with E-state index in [-0.39, 0.29) is 10.8 Å². The maximum absolute atomic E-state index is 13.1. The lowest BCUT2D eigenvalue weighted by atomic mass is 10.1. The molecule has 2 aromatic carbocycles. The van der Waals surface area contributed by atoms with Crippen LogP contribution in [0.4, 0.5) is 0 Å². The number of aryl methyl sites for hydroxylation is 1. The number of carbonyl (C=O) groups excluding carboxylic acids is 1. The second kappa shape index (κ2) is 10.1. The number of amides is 1. The van der Waals surface area contributed by atoms with Crippen molar-refractivity contribution in [1.29, 1.82) is 0 Å². The number of hydrogen-bond donors (Lipinski definition) is 1. The lowest BCUT2D eigenvalue weighted by Crippen LogP contribution is -2.41. The fourth-order valence-electron chi connectivity index (χ4n) is 4.27. The van der Waals surface area contributed by atoms with Crippen molar-refractivity contribution in [3.63, 3.8) is 0 Å². The number of nitrogens with one attached hydrogen (secondary N) is 1. The number of sulfonamides is 1. The molecule has 0 radical (unpaired) electrons. The van der Waals surface area contributed by atoms with Crippen molar-refractivity contribution < 1.29 is 17.9 Å². The van der Waals surface area contributed by atoms with Gasteiger partial charge in [-0.25, -0.2) is 8.42 Å². The fourth-order valence-corrected chi connectivity index (χ4v) is 5.93. The SMILES string of the molecule is Cc1ccc(C(=O)NCc2cccc(CN3CCCC3)c2)cc1S(=O)(=O)N1CCOCC1. The molecule has 0 spiro atoms. The third-order valence-electron chi connectivity index (χ3n) is 6.09. The van der Waals surface area contributed by atoms with Gasteiger partial charge in [0, 0.05) is 31.7 Å². The molecule has 4 rings (SSSR count). The average molecular weight is 458 g/mol. The van der Waals surface area contributed by atoms with Crippen LogP contribution in [0.2, 0.25) is 0 Å². The van der Waals surface area contributed by atoms with Crippen LogP contribution in [-0.4, -0.2) is 62.9 Å². The molecular weight excluding hydrogens is 426 g/mol. The molecule has 2 saturated heterocycles. The molecule has 172 valence electrons. The summed E-state index contributed by atoms with van der Waals surface area (Å²) >= 11 is 0. The average Bonchev–Trinajstić information content (AvgIpc) is 3.31. The molecule has 2 aliphatic rings. The van der Waals surface area contributed by atoms with E-state index >= 15 is 0 Å². The number of likely N-dealkylation sites (tertiary alicyclic amines) is 1. The van der Waals surface area contributed by atoms with E-state index < -0.39 is 10.0 Å². The minimum atomic E-state index is -3.66. The third kappa shape index (κ3) is 5.38. The van der Waals surface area contributed by atoms with Crippen LogP contribution in [0.3, 0.4) is 0 Å². The van der Waals surface area contributed by atoms with E-state index in [2.05, 4.69) is 22.3 Å². The summed E-state index contributed by atoms with van der Waals surface area (Å²) in [7, 11) is -3.66. The third-order valence-corrected chi connectivity index (χ3v) is 8.13. The van der Waals surface area contributed by atoms with E-state index in [0.29, 0.717) is 44.0 Å². The molecule has 0 saturated carbocycles. The quantitative estimate of drug-likeness (QED) is 0.691. The maximum atomic E-state index is 13.1. The van der Waals surface area contributed by atoms with Gasteiger partial charge in [-0.15, -0.1) is 0 Å². The molecule has 1 amide bonds. The lowest BCUT2D eigenvalue weighted by molar-refractivity contribution is 0.0730. The Kier molecular flexibility index (Phi) is 7.25. The Morgan fingerprint density at radius 2 is 1.72 bits per heavy atom. The molecule has 2 heterocycles. The van der Waals surface area contributed by atoms with Gasteiger partial charge in [0.2, 0.25) is 10.0 Å². The van der Waals surface area contributed by atoms with Crippen LogP contribution >= 0.6 is 0 Å². The first-order valence-corrected chi connectivity index (χ1v) is 12.6. The van der Waals surface area contributed by atoms with Gasteiger partial charge in [0.05, 0.1) is 18.1 Å². The van der Waals surface area contributed by atoms with Gasteiger partial charge in [0.25, 0.3) is 5.91 Å². The maximum Gasteiger partial charge on any atom is 0.251 e. The van der Waals surface area contributed by atoms with Crippen molar-refractivity contribution in [2.24, 2.45) is 0 Å². The van der Waals surface area contributed by atoms with Gasteiger partial charge in [-0.2, -0.15) is 4.31 Å². The molecule has 2 fully saturated rings. The van der Waals surface area contributed by atoms with Crippen LogP contribution in [0.5, 0.6) is 0 Å². The Bertz CT molecular complexity index is 1060. The first-order chi connectivity index (χ1) is 15.4. The van der Waals surface area contributed by atoms with E-state index in [9.17, 15) is 13.2 Å². The highest BCUT2D eigenvalue weighted by molar-refractivity contribution is 7.89. The van der Waals surface area contributed by atoms with Crippen LogP contribution in [0.1, 0.15) is 39.9 Å². The number of benzene rings is 2. The molecule has 1 N–H and O–H groups in total. The predicted octanol–water partition coefficient (Wildman–Crippen LogP) is 2.54. The Balaban J connectivity index is 1.43. The Hall–Kier alpha value is -2.26. The number of nitrogens with zero attached hydrogens (tertiary/aromatic N) is 2. The van der Waals surface area contributed by atoms with Gasteiger partial charge in [-0.1, -0.05) is 30.3 Å². The van der Waals surface area contributed by atoms with Gasteiger partial charge in [0.1, 0.15) is 0 Å². The highest BCUT2D eigenvalue weighted by Crippen LogP contribution is 2.22. The topological polar surface area (TPSA) is 79.0 Å². The summed E-state index contributed by atoms with van der Waals surface area (Å²) in [5.74, 6) is -0.284. The largest absolute Gasteiger partial charge is 0.379 e. The van der Waals surface area contributed by atoms with Gasteiger partial charge in [-0.05, 0) is 61.7 Å². The molecule has 0 atom stereocenters. The second-order valence-corrected chi connectivity index (χ2v) is 10.4. The van der Waals surface area contributed by atoms with Crippen molar-refractivity contribution in [2.75, 3.05) is 39.4 Å². The number of carbonyl (C=O) groups is 1. The molecule has 8 heteroatoms. The number of ether oxygens (including phenoxy) is 1. The summed E-state index contributed by atoms with van der Waals surface area (Å²) in [5, 5.41) is 2.93. The summed E-state index contributed by atoms with van der Waals surface area (Å²) in [6.07, 6.45) is 2.52. The summed E-state index contributed by atoms with van der Waals surface area (Å²) in [5.41, 5.74) is 3.24. The zero-order valence-corrected chi connectivity index (χ0v) is 19.4. The fraction of sp³-hybridized carbons (Fsp3) is 0.458. The molecule has 0 bridgehead atoms. The standard InChI is InChI=1S/C24H31N3O4S/c1-19-7-8-22(16-23(19)32(29,30)27-11-13-31-14-12-27)24(28)25-17-20-5-4-6-21(15-20)18-26-9-2-3-10-26/h4-8,15-16H,2-3,9-14,17-18H2,1H3,(H,25,28). The molecule has 7 nitrogen and oxygen atoms in total. The van der Waals surface area contributed by atoms with E-state index in [1.165, 1.54) is 28.8 Å². The molecule has 0 aromatic heterocycles. The normalized spacial score (nSPS) is 18.0. The summed E-state index contributed by atoms with van der Waals surface area (Å²) < 4.78 is 32.8. The monoisotopic (exact) mass is 457 g/mol. The number of morpholine rings is 1. The van der Waals surface area contributed by atoms with E-state index in [1.807, 2.05) is 12.1 Å². The first kappa shape index (κ1) is 22.9. The summed E-state index contributed by atoms with van der Waals surface area (Å²) in [6, 6.07) is 13.1. The predicted molar refractivity (Wildman–Crippen MR) is 123 cm³/mol. The van der Waals surface area contributed by atoms with Crippen molar-refractivity contribution in [1.82, 2.24) is 14.5 Å². The highest BCUT2D eigenvalue weighted by atomic mass is 32.2. The van der Waals surface area contributed by atoms with E-state index in [4.69, 9.17) is 4.74 Å². The van der Waals surface area contributed by atoms with Crippen molar-refractivity contribution in [3.8, 4) is 0 Å². The van der Waals surface area contributed by atoms with Gasteiger partial charge < -0.3 is 10.1 Å². The van der Waals surface area contributed by atoms with Crippen LogP contribution < -0.4 is 5.32 Å². The molecular formula is C24H31N3O4S. The van der Waals surface area contributed by atoms with Gasteiger partial charge in [-0.3, -0.25) is 9.69 Å². The molecule has 0 unspecified atom stereocenters. The van der Waals surface area contributed by atoms with Crippen LogP contribution in [0.15, 0.2) is 47.4 Å². The number of rotatable bonds is 7. The van der Waals surface area contributed by atoms with E-state index in [0.717, 1.165) is 25.2 Å². The van der Waals surface area contributed by atoms with Crippen LogP contribution in [-0.2, 0) is 27.8 Å². The Morgan fingerprint density at radius 3 is 2.47 bits per heavy atom. The zero-order valence-electron chi connectivity index (χ0n) is 18.5. The van der Waals surface area contributed by atoms with Crippen LogP contribution in [0.25, 0.3) is 0 Å². The van der Waals surface area contributed by atoms with Gasteiger partial charge in [0.15, 0.2) is 0 Å². The minimum absolute atomic E-state index is 0.180.